The van der Waals surface area contributed by atoms with Crippen LogP contribution in [-0.2, 0) is 10.4 Å². The highest BCUT2D eigenvalue weighted by atomic mass is 32.3. The van der Waals surface area contributed by atoms with E-state index in [1.165, 1.54) is 5.69 Å². The van der Waals surface area contributed by atoms with Gasteiger partial charge >= 0.3 is 10.4 Å². The van der Waals surface area contributed by atoms with Crippen molar-refractivity contribution in [3.8, 4) is 5.75 Å². The fraction of sp³-hybridized carbons (Fsp3) is 0.412. The third-order valence-electron chi connectivity index (χ3n) is 3.95. The van der Waals surface area contributed by atoms with Crippen LogP contribution in [0, 0.1) is 13.8 Å². The molecule has 2 aromatic rings. The Labute approximate surface area is 159 Å². The SMILES string of the molecule is COc1cccc(N2CCN(c3nc(C)cc(C)n3)CC2)c1.O=S(=O)(O)O. The van der Waals surface area contributed by atoms with Gasteiger partial charge in [-0.3, -0.25) is 9.11 Å². The van der Waals surface area contributed by atoms with Crippen molar-refractivity contribution in [2.75, 3.05) is 43.1 Å². The van der Waals surface area contributed by atoms with Crippen LogP contribution in [0.15, 0.2) is 30.3 Å². The smallest absolute Gasteiger partial charge is 0.394 e. The summed E-state index contributed by atoms with van der Waals surface area (Å²) in [6, 6.07) is 10.2. The lowest BCUT2D eigenvalue weighted by molar-refractivity contribution is 0.381. The molecular formula is C17H24N4O5S. The topological polar surface area (TPSA) is 116 Å². The summed E-state index contributed by atoms with van der Waals surface area (Å²) in [5.41, 5.74) is 3.26. The molecule has 1 fully saturated rings. The highest BCUT2D eigenvalue weighted by molar-refractivity contribution is 7.79. The number of anilines is 2. The second-order valence-electron chi connectivity index (χ2n) is 6.07. The molecule has 2 heterocycles. The van der Waals surface area contributed by atoms with E-state index in [0.717, 1.165) is 49.3 Å². The molecule has 0 amide bonds. The van der Waals surface area contributed by atoms with E-state index in [1.54, 1.807) is 7.11 Å². The predicted molar refractivity (Wildman–Crippen MR) is 103 cm³/mol. The Hall–Kier alpha value is -2.43. The molecule has 0 saturated carbocycles. The summed E-state index contributed by atoms with van der Waals surface area (Å²) < 4.78 is 36.9. The van der Waals surface area contributed by atoms with E-state index >= 15 is 0 Å². The minimum absolute atomic E-state index is 0.850. The fourth-order valence-corrected chi connectivity index (χ4v) is 2.82. The Morgan fingerprint density at radius 2 is 1.48 bits per heavy atom. The fourth-order valence-electron chi connectivity index (χ4n) is 2.82. The molecular weight excluding hydrogens is 372 g/mol. The van der Waals surface area contributed by atoms with Crippen LogP contribution in [0.3, 0.4) is 0 Å². The van der Waals surface area contributed by atoms with Crippen LogP contribution in [0.4, 0.5) is 11.6 Å². The van der Waals surface area contributed by atoms with Crippen molar-refractivity contribution in [3.63, 3.8) is 0 Å². The van der Waals surface area contributed by atoms with E-state index in [0.29, 0.717) is 0 Å². The number of piperazine rings is 1. The molecule has 3 rings (SSSR count). The molecule has 10 heteroatoms. The number of benzene rings is 1. The number of hydrogen-bond acceptors (Lipinski definition) is 7. The molecule has 1 aromatic heterocycles. The van der Waals surface area contributed by atoms with Crippen molar-refractivity contribution in [1.29, 1.82) is 0 Å². The monoisotopic (exact) mass is 396 g/mol. The first-order valence-corrected chi connectivity index (χ1v) is 9.71. The average molecular weight is 396 g/mol. The number of aromatic nitrogens is 2. The Morgan fingerprint density at radius 1 is 0.963 bits per heavy atom. The lowest BCUT2D eigenvalue weighted by Crippen LogP contribution is -2.47. The van der Waals surface area contributed by atoms with Crippen molar-refractivity contribution in [2.24, 2.45) is 0 Å². The first-order chi connectivity index (χ1) is 12.7. The van der Waals surface area contributed by atoms with Gasteiger partial charge in [0.25, 0.3) is 0 Å². The second kappa shape index (κ2) is 8.98. The Bertz CT molecular complexity index is 839. The third-order valence-corrected chi connectivity index (χ3v) is 3.95. The Balaban J connectivity index is 0.000000465. The van der Waals surface area contributed by atoms with Crippen LogP contribution in [0.2, 0.25) is 0 Å². The lowest BCUT2D eigenvalue weighted by atomic mass is 10.2. The molecule has 0 bridgehead atoms. The van der Waals surface area contributed by atoms with Crippen molar-refractivity contribution >= 4 is 22.0 Å². The second-order valence-corrected chi connectivity index (χ2v) is 6.97. The minimum atomic E-state index is -4.67. The number of rotatable bonds is 3. The maximum atomic E-state index is 8.74. The van der Waals surface area contributed by atoms with Gasteiger partial charge in [-0.05, 0) is 32.0 Å². The number of aryl methyl sites for hydroxylation is 2. The molecule has 1 aromatic carbocycles. The number of hydrogen-bond donors (Lipinski definition) is 2. The highest BCUT2D eigenvalue weighted by Gasteiger charge is 2.19. The summed E-state index contributed by atoms with van der Waals surface area (Å²) in [5.74, 6) is 1.75. The van der Waals surface area contributed by atoms with Crippen LogP contribution < -0.4 is 14.5 Å². The molecule has 148 valence electrons. The molecule has 1 aliphatic heterocycles. The molecule has 0 radical (unpaired) electrons. The highest BCUT2D eigenvalue weighted by Crippen LogP contribution is 2.23. The number of nitrogens with zero attached hydrogens (tertiary/aromatic N) is 4. The number of ether oxygens (including phenoxy) is 1. The summed E-state index contributed by atoms with van der Waals surface area (Å²) in [6.45, 7) is 7.82. The van der Waals surface area contributed by atoms with Gasteiger partial charge in [0.1, 0.15) is 5.75 Å². The van der Waals surface area contributed by atoms with Gasteiger partial charge in [0, 0.05) is 49.3 Å². The van der Waals surface area contributed by atoms with Gasteiger partial charge in [-0.2, -0.15) is 8.42 Å². The summed E-state index contributed by atoms with van der Waals surface area (Å²) >= 11 is 0. The summed E-state index contributed by atoms with van der Waals surface area (Å²) in [6.07, 6.45) is 0. The van der Waals surface area contributed by atoms with Crippen molar-refractivity contribution in [1.82, 2.24) is 9.97 Å². The van der Waals surface area contributed by atoms with Crippen molar-refractivity contribution in [3.05, 3.63) is 41.7 Å². The lowest BCUT2D eigenvalue weighted by Gasteiger charge is -2.36. The average Bonchev–Trinajstić information content (AvgIpc) is 2.60. The van der Waals surface area contributed by atoms with Crippen LogP contribution >= 0.6 is 0 Å². The quantitative estimate of drug-likeness (QED) is 0.749. The summed E-state index contributed by atoms with van der Waals surface area (Å²) in [4.78, 5) is 13.8. The largest absolute Gasteiger partial charge is 0.497 e. The normalized spacial score (nSPS) is 14.4. The van der Waals surface area contributed by atoms with Crippen molar-refractivity contribution in [2.45, 2.75) is 13.8 Å². The van der Waals surface area contributed by atoms with Gasteiger partial charge < -0.3 is 14.5 Å². The van der Waals surface area contributed by atoms with Crippen LogP contribution in [0.1, 0.15) is 11.4 Å². The summed E-state index contributed by atoms with van der Waals surface area (Å²) in [7, 11) is -2.96. The van der Waals surface area contributed by atoms with Gasteiger partial charge in [-0.15, -0.1) is 0 Å². The Kier molecular flexibility index (Phi) is 6.94. The molecule has 2 N–H and O–H groups in total. The van der Waals surface area contributed by atoms with Gasteiger partial charge in [-0.1, -0.05) is 6.07 Å². The van der Waals surface area contributed by atoms with Crippen LogP contribution in [0.25, 0.3) is 0 Å². The van der Waals surface area contributed by atoms with Gasteiger partial charge in [-0.25, -0.2) is 9.97 Å². The molecule has 27 heavy (non-hydrogen) atoms. The number of methoxy groups -OCH3 is 1. The first-order valence-electron chi connectivity index (χ1n) is 8.32. The predicted octanol–water partition coefficient (Wildman–Crippen LogP) is 1.78. The maximum absolute atomic E-state index is 8.74. The zero-order valence-corrected chi connectivity index (χ0v) is 16.3. The Morgan fingerprint density at radius 3 is 2.00 bits per heavy atom. The van der Waals surface area contributed by atoms with E-state index in [9.17, 15) is 0 Å². The molecule has 0 spiro atoms. The molecule has 0 aliphatic carbocycles. The molecule has 0 unspecified atom stereocenters. The van der Waals surface area contributed by atoms with Crippen molar-refractivity contribution < 1.29 is 22.3 Å². The van der Waals surface area contributed by atoms with Gasteiger partial charge in [0.15, 0.2) is 0 Å². The molecule has 1 aliphatic rings. The van der Waals surface area contributed by atoms with E-state index in [2.05, 4.69) is 31.9 Å². The van der Waals surface area contributed by atoms with E-state index in [4.69, 9.17) is 22.3 Å². The maximum Gasteiger partial charge on any atom is 0.394 e. The van der Waals surface area contributed by atoms with Gasteiger partial charge in [0.05, 0.1) is 7.11 Å². The van der Waals surface area contributed by atoms with Crippen LogP contribution in [-0.4, -0.2) is 60.8 Å². The molecule has 1 saturated heterocycles. The zero-order chi connectivity index (χ0) is 20.0. The zero-order valence-electron chi connectivity index (χ0n) is 15.5. The molecule has 0 atom stereocenters. The first kappa shape index (κ1) is 20.9. The third kappa shape index (κ3) is 7.00. The van der Waals surface area contributed by atoms with E-state index < -0.39 is 10.4 Å². The standard InChI is InChI=1S/C17H22N4O.H2O4S/c1-13-11-14(2)19-17(18-13)21-9-7-20(8-10-21)15-5-4-6-16(12-15)22-3;1-5(2,3)4/h4-6,11-12H,7-10H2,1-3H3;(H2,1,2,3,4). The van der Waals surface area contributed by atoms with E-state index in [1.807, 2.05) is 32.0 Å². The minimum Gasteiger partial charge on any atom is -0.497 e. The molecule has 9 nitrogen and oxygen atoms in total. The van der Waals surface area contributed by atoms with E-state index in [-0.39, 0.29) is 0 Å². The van der Waals surface area contributed by atoms with Gasteiger partial charge in [0.2, 0.25) is 5.95 Å². The summed E-state index contributed by atoms with van der Waals surface area (Å²) in [5, 5.41) is 0. The van der Waals surface area contributed by atoms with Crippen LogP contribution in [0.5, 0.6) is 5.75 Å².